The predicted molar refractivity (Wildman–Crippen MR) is 120 cm³/mol. The molecule has 0 spiro atoms. The van der Waals surface area contributed by atoms with Crippen LogP contribution in [0.5, 0.6) is 0 Å². The Morgan fingerprint density at radius 3 is 2.34 bits per heavy atom. The molecule has 0 aromatic heterocycles. The van der Waals surface area contributed by atoms with Gasteiger partial charge in [-0.2, -0.15) is 0 Å². The van der Waals surface area contributed by atoms with Crippen molar-refractivity contribution < 1.29 is 9.59 Å². The number of hydrogen-bond donors (Lipinski definition) is 1. The molecule has 0 atom stereocenters. The topological polar surface area (TPSA) is 52.7 Å². The third-order valence-electron chi connectivity index (χ3n) is 5.37. The summed E-state index contributed by atoms with van der Waals surface area (Å²) in [5.74, 6) is -0.876. The van der Waals surface area contributed by atoms with E-state index < -0.39 is 11.8 Å². The number of carbonyl (C=O) groups is 2. The van der Waals surface area contributed by atoms with Crippen molar-refractivity contribution >= 4 is 46.6 Å². The number of hydrogen-bond acceptors (Lipinski definition) is 4. The average Bonchev–Trinajstić information content (AvgIpc) is 3.22. The lowest BCUT2D eigenvalue weighted by atomic mass is 10.0. The molecule has 5 nitrogen and oxygen atoms in total. The van der Waals surface area contributed by atoms with Crippen molar-refractivity contribution in [2.45, 2.75) is 26.7 Å². The maximum Gasteiger partial charge on any atom is 0.270 e. The summed E-state index contributed by atoms with van der Waals surface area (Å²) in [7, 11) is 0. The van der Waals surface area contributed by atoms with Crippen molar-refractivity contribution in [3.05, 3.63) is 64.7 Å². The van der Waals surface area contributed by atoms with Gasteiger partial charge in [0.2, 0.25) is 0 Å². The van der Waals surface area contributed by atoms with Crippen LogP contribution >= 0.6 is 12.2 Å². The highest BCUT2D eigenvalue weighted by Gasteiger charge is 2.35. The molecule has 2 heterocycles. The second kappa shape index (κ2) is 7.79. The van der Waals surface area contributed by atoms with Gasteiger partial charge >= 0.3 is 0 Å². The van der Waals surface area contributed by atoms with Crippen molar-refractivity contribution in [2.75, 3.05) is 22.9 Å². The molecule has 148 valence electrons. The van der Waals surface area contributed by atoms with Crippen molar-refractivity contribution in [3.8, 4) is 0 Å². The van der Waals surface area contributed by atoms with Crippen LogP contribution in [0.15, 0.2) is 48.0 Å². The van der Waals surface area contributed by atoms with Gasteiger partial charge in [-0.15, -0.1) is 0 Å². The van der Waals surface area contributed by atoms with E-state index in [9.17, 15) is 9.59 Å². The van der Waals surface area contributed by atoms with Gasteiger partial charge in [0.1, 0.15) is 5.57 Å². The Bertz CT molecular complexity index is 1020. The standard InChI is InChI=1S/C23H23N3O2S/c1-15-5-10-20(16(2)13-15)26-22(28)19(21(27)24-23(26)29)14-17-6-8-18(9-7-17)25-11-3-4-12-25/h5-10,13-14H,3-4,11-12H2,1-2H3,(H,24,27,29)/b19-14+. The fraction of sp³-hybridized carbons (Fsp3) is 0.261. The Balaban J connectivity index is 1.64. The van der Waals surface area contributed by atoms with Crippen molar-refractivity contribution in [2.24, 2.45) is 0 Å². The van der Waals surface area contributed by atoms with E-state index in [-0.39, 0.29) is 10.7 Å². The minimum Gasteiger partial charge on any atom is -0.372 e. The van der Waals surface area contributed by atoms with Crippen molar-refractivity contribution in [3.63, 3.8) is 0 Å². The number of thiocarbonyl (C=S) groups is 1. The third-order valence-corrected chi connectivity index (χ3v) is 5.65. The van der Waals surface area contributed by atoms with Gasteiger partial charge in [-0.1, -0.05) is 29.8 Å². The number of nitrogens with one attached hydrogen (secondary N) is 1. The molecule has 0 aliphatic carbocycles. The van der Waals surface area contributed by atoms with Gasteiger partial charge in [-0.3, -0.25) is 19.8 Å². The van der Waals surface area contributed by atoms with Gasteiger partial charge in [0.25, 0.3) is 11.8 Å². The molecule has 0 saturated carbocycles. The second-order valence-corrected chi connectivity index (χ2v) is 7.92. The zero-order valence-electron chi connectivity index (χ0n) is 16.6. The summed E-state index contributed by atoms with van der Waals surface area (Å²) in [6.07, 6.45) is 4.06. The SMILES string of the molecule is Cc1ccc(N2C(=O)/C(=C/c3ccc(N4CCCC4)cc3)C(=O)NC2=S)c(C)c1. The zero-order valence-corrected chi connectivity index (χ0v) is 17.4. The lowest BCUT2D eigenvalue weighted by molar-refractivity contribution is -0.122. The third kappa shape index (κ3) is 3.80. The van der Waals surface area contributed by atoms with Gasteiger partial charge < -0.3 is 4.90 Å². The first-order chi connectivity index (χ1) is 13.9. The Hall–Kier alpha value is -2.99. The molecule has 4 rings (SSSR count). The number of aryl methyl sites for hydroxylation is 2. The summed E-state index contributed by atoms with van der Waals surface area (Å²) in [6.45, 7) is 6.06. The van der Waals surface area contributed by atoms with E-state index in [4.69, 9.17) is 12.2 Å². The van der Waals surface area contributed by atoms with Crippen LogP contribution in [0.25, 0.3) is 6.08 Å². The molecule has 0 bridgehead atoms. The highest BCUT2D eigenvalue weighted by Crippen LogP contribution is 2.27. The second-order valence-electron chi connectivity index (χ2n) is 7.53. The van der Waals surface area contributed by atoms with Crippen LogP contribution in [0.3, 0.4) is 0 Å². The van der Waals surface area contributed by atoms with Gasteiger partial charge in [0, 0.05) is 18.8 Å². The van der Waals surface area contributed by atoms with Gasteiger partial charge in [-0.25, -0.2) is 0 Å². The molecule has 6 heteroatoms. The minimum atomic E-state index is -0.468. The normalized spacial score (nSPS) is 18.6. The van der Waals surface area contributed by atoms with Crippen LogP contribution in [-0.2, 0) is 9.59 Å². The van der Waals surface area contributed by atoms with E-state index in [1.165, 1.54) is 23.4 Å². The lowest BCUT2D eigenvalue weighted by Crippen LogP contribution is -2.54. The van der Waals surface area contributed by atoms with E-state index >= 15 is 0 Å². The number of amides is 2. The summed E-state index contributed by atoms with van der Waals surface area (Å²) >= 11 is 5.29. The zero-order chi connectivity index (χ0) is 20.5. The molecule has 29 heavy (non-hydrogen) atoms. The molecule has 2 aliphatic heterocycles. The summed E-state index contributed by atoms with van der Waals surface area (Å²) in [5, 5.41) is 2.75. The van der Waals surface area contributed by atoms with E-state index in [0.717, 1.165) is 29.8 Å². The van der Waals surface area contributed by atoms with Crippen molar-refractivity contribution in [1.29, 1.82) is 0 Å². The minimum absolute atomic E-state index is 0.0764. The highest BCUT2D eigenvalue weighted by molar-refractivity contribution is 7.80. The smallest absolute Gasteiger partial charge is 0.270 e. The first kappa shape index (κ1) is 19.3. The van der Waals surface area contributed by atoms with Crippen LogP contribution in [0.1, 0.15) is 29.5 Å². The summed E-state index contributed by atoms with van der Waals surface area (Å²) in [6, 6.07) is 13.7. The maximum absolute atomic E-state index is 13.2. The fourth-order valence-corrected chi connectivity index (χ4v) is 4.13. The molecule has 0 unspecified atom stereocenters. The quantitative estimate of drug-likeness (QED) is 0.480. The number of nitrogens with zero attached hydrogens (tertiary/aromatic N) is 2. The fourth-order valence-electron chi connectivity index (χ4n) is 3.86. The molecule has 2 aromatic rings. The molecule has 0 radical (unpaired) electrons. The molecule has 2 aliphatic rings. The van der Waals surface area contributed by atoms with Crippen LogP contribution < -0.4 is 15.1 Å². The highest BCUT2D eigenvalue weighted by atomic mass is 32.1. The number of benzene rings is 2. The largest absolute Gasteiger partial charge is 0.372 e. The molecular weight excluding hydrogens is 382 g/mol. The van der Waals surface area contributed by atoms with Crippen LogP contribution in [0.2, 0.25) is 0 Å². The van der Waals surface area contributed by atoms with Crippen molar-refractivity contribution in [1.82, 2.24) is 5.32 Å². The Morgan fingerprint density at radius 1 is 1.00 bits per heavy atom. The van der Waals surface area contributed by atoms with E-state index in [1.807, 2.05) is 56.3 Å². The number of carbonyl (C=O) groups excluding carboxylic acids is 2. The molecule has 2 saturated heterocycles. The first-order valence-corrected chi connectivity index (χ1v) is 10.2. The molecule has 1 N–H and O–H groups in total. The van der Waals surface area contributed by atoms with Crippen LogP contribution in [0.4, 0.5) is 11.4 Å². The van der Waals surface area contributed by atoms with Crippen LogP contribution in [-0.4, -0.2) is 30.0 Å². The Morgan fingerprint density at radius 2 is 1.69 bits per heavy atom. The first-order valence-electron chi connectivity index (χ1n) is 9.78. The average molecular weight is 406 g/mol. The van der Waals surface area contributed by atoms with E-state index in [0.29, 0.717) is 5.69 Å². The number of rotatable bonds is 3. The molecule has 2 fully saturated rings. The summed E-state index contributed by atoms with van der Waals surface area (Å²) in [4.78, 5) is 29.4. The van der Waals surface area contributed by atoms with Gasteiger partial charge in [-0.05, 0) is 74.3 Å². The molecular formula is C23H23N3O2S. The lowest BCUT2D eigenvalue weighted by Gasteiger charge is -2.30. The van der Waals surface area contributed by atoms with Gasteiger partial charge in [0.05, 0.1) is 5.69 Å². The van der Waals surface area contributed by atoms with E-state index in [2.05, 4.69) is 10.2 Å². The Labute approximate surface area is 176 Å². The maximum atomic E-state index is 13.2. The summed E-state index contributed by atoms with van der Waals surface area (Å²) < 4.78 is 0. The molecule has 2 amide bonds. The van der Waals surface area contributed by atoms with Gasteiger partial charge in [0.15, 0.2) is 5.11 Å². The van der Waals surface area contributed by atoms with E-state index in [1.54, 1.807) is 6.08 Å². The number of anilines is 2. The Kier molecular flexibility index (Phi) is 5.20. The summed E-state index contributed by atoms with van der Waals surface area (Å²) in [5.41, 5.74) is 4.75. The molecule has 2 aromatic carbocycles. The predicted octanol–water partition coefficient (Wildman–Crippen LogP) is 3.73. The monoisotopic (exact) mass is 405 g/mol. The van der Waals surface area contributed by atoms with Crippen LogP contribution in [0, 0.1) is 13.8 Å².